The van der Waals surface area contributed by atoms with Gasteiger partial charge >= 0.3 is 0 Å². The fourth-order valence-corrected chi connectivity index (χ4v) is 3.59. The summed E-state index contributed by atoms with van der Waals surface area (Å²) in [4.78, 5) is 2.17. The molecule has 0 radical (unpaired) electrons. The van der Waals surface area contributed by atoms with Crippen LogP contribution in [-0.2, 0) is 6.54 Å². The molecule has 0 saturated heterocycles. The van der Waals surface area contributed by atoms with Crippen LogP contribution >= 0.6 is 38.9 Å². The van der Waals surface area contributed by atoms with Gasteiger partial charge in [0.15, 0.2) is 0 Å². The summed E-state index contributed by atoms with van der Waals surface area (Å²) in [6, 6.07) is 8.71. The lowest BCUT2D eigenvalue weighted by Gasteiger charge is -2.21. The van der Waals surface area contributed by atoms with E-state index in [4.69, 9.17) is 11.6 Å². The first-order valence-corrected chi connectivity index (χ1v) is 8.47. The van der Waals surface area contributed by atoms with Crippen molar-refractivity contribution < 1.29 is 0 Å². The van der Waals surface area contributed by atoms with Gasteiger partial charge in [0, 0.05) is 19.6 Å². The molecular formula is C15H18BrClN2S. The van der Waals surface area contributed by atoms with Gasteiger partial charge in [0.05, 0.1) is 14.5 Å². The van der Waals surface area contributed by atoms with Gasteiger partial charge in [0.2, 0.25) is 0 Å². The summed E-state index contributed by atoms with van der Waals surface area (Å²) in [6.45, 7) is 2.97. The number of halogens is 2. The average Bonchev–Trinajstić information content (AvgIpc) is 2.82. The maximum absolute atomic E-state index is 6.42. The van der Waals surface area contributed by atoms with Crippen LogP contribution in [0.4, 0.5) is 5.69 Å². The largest absolute Gasteiger partial charge is 0.369 e. The Morgan fingerprint density at radius 3 is 2.70 bits per heavy atom. The molecule has 0 spiro atoms. The molecule has 0 amide bonds. The number of benzene rings is 1. The number of hydrogen-bond donors (Lipinski definition) is 1. The van der Waals surface area contributed by atoms with Crippen LogP contribution in [0, 0.1) is 0 Å². The molecular weight excluding hydrogens is 356 g/mol. The topological polar surface area (TPSA) is 15.3 Å². The molecule has 5 heteroatoms. The molecule has 0 bridgehead atoms. The molecule has 20 heavy (non-hydrogen) atoms. The summed E-state index contributed by atoms with van der Waals surface area (Å²) in [6.07, 6.45) is 0. The predicted molar refractivity (Wildman–Crippen MR) is 93.1 cm³/mol. The molecule has 2 rings (SSSR count). The highest BCUT2D eigenvalue weighted by molar-refractivity contribution is 9.11. The lowest BCUT2D eigenvalue weighted by Crippen LogP contribution is -2.17. The van der Waals surface area contributed by atoms with Crippen LogP contribution in [0.1, 0.15) is 24.1 Å². The van der Waals surface area contributed by atoms with Crippen molar-refractivity contribution in [2.45, 2.75) is 19.5 Å². The van der Waals surface area contributed by atoms with Gasteiger partial charge in [-0.1, -0.05) is 17.7 Å². The van der Waals surface area contributed by atoms with E-state index < -0.39 is 0 Å². The van der Waals surface area contributed by atoms with E-state index in [2.05, 4.69) is 63.7 Å². The zero-order valence-electron chi connectivity index (χ0n) is 11.8. The summed E-state index contributed by atoms with van der Waals surface area (Å²) in [7, 11) is 4.01. The number of thiophene rings is 1. The monoisotopic (exact) mass is 372 g/mol. The van der Waals surface area contributed by atoms with Crippen LogP contribution in [0.2, 0.25) is 5.02 Å². The standard InChI is InChI=1S/C15H18BrClN2S/c1-10(18-2)12-4-5-14(13(17)7-12)19(3)8-11-6-15(16)20-9-11/h4-7,9-10,18H,8H2,1-3H3. The molecule has 2 nitrogen and oxygen atoms in total. The van der Waals surface area contributed by atoms with Gasteiger partial charge in [-0.3, -0.25) is 0 Å². The van der Waals surface area contributed by atoms with Crippen LogP contribution in [0.25, 0.3) is 0 Å². The van der Waals surface area contributed by atoms with Gasteiger partial charge in [-0.2, -0.15) is 0 Å². The van der Waals surface area contributed by atoms with E-state index in [1.54, 1.807) is 11.3 Å². The highest BCUT2D eigenvalue weighted by Gasteiger charge is 2.10. The van der Waals surface area contributed by atoms with Gasteiger partial charge in [-0.05, 0) is 64.6 Å². The van der Waals surface area contributed by atoms with E-state index >= 15 is 0 Å². The highest BCUT2D eigenvalue weighted by Crippen LogP contribution is 2.30. The molecule has 1 N–H and O–H groups in total. The third-order valence-corrected chi connectivity index (χ3v) is 5.21. The number of anilines is 1. The number of rotatable bonds is 5. The van der Waals surface area contributed by atoms with Gasteiger partial charge in [-0.25, -0.2) is 0 Å². The maximum atomic E-state index is 6.42. The van der Waals surface area contributed by atoms with Crippen molar-refractivity contribution >= 4 is 44.6 Å². The zero-order chi connectivity index (χ0) is 14.7. The average molecular weight is 374 g/mol. The predicted octanol–water partition coefficient (Wildman–Crippen LogP) is 5.08. The first-order valence-electron chi connectivity index (χ1n) is 6.42. The van der Waals surface area contributed by atoms with Crippen molar-refractivity contribution in [2.75, 3.05) is 19.0 Å². The second-order valence-electron chi connectivity index (χ2n) is 4.84. The molecule has 0 fully saturated rings. The number of nitrogens with zero attached hydrogens (tertiary/aromatic N) is 1. The Hall–Kier alpha value is -0.550. The Morgan fingerprint density at radius 2 is 2.15 bits per heavy atom. The van der Waals surface area contributed by atoms with Crippen molar-refractivity contribution in [1.82, 2.24) is 5.32 Å². The van der Waals surface area contributed by atoms with Gasteiger partial charge in [0.1, 0.15) is 0 Å². The van der Waals surface area contributed by atoms with Crippen LogP contribution in [0.5, 0.6) is 0 Å². The third-order valence-electron chi connectivity index (χ3n) is 3.36. The van der Waals surface area contributed by atoms with E-state index in [1.807, 2.05) is 13.1 Å². The van der Waals surface area contributed by atoms with Gasteiger partial charge in [0.25, 0.3) is 0 Å². The molecule has 0 aliphatic rings. The van der Waals surface area contributed by atoms with Crippen LogP contribution in [0.15, 0.2) is 33.4 Å². The van der Waals surface area contributed by atoms with Crippen LogP contribution in [-0.4, -0.2) is 14.1 Å². The summed E-state index contributed by atoms with van der Waals surface area (Å²) >= 11 is 11.6. The van der Waals surface area contributed by atoms with E-state index in [9.17, 15) is 0 Å². The van der Waals surface area contributed by atoms with Crippen molar-refractivity contribution in [3.8, 4) is 0 Å². The first-order chi connectivity index (χ1) is 9.51. The fourth-order valence-electron chi connectivity index (χ4n) is 2.06. The first kappa shape index (κ1) is 15.8. The molecule has 1 unspecified atom stereocenters. The quantitative estimate of drug-likeness (QED) is 0.786. The lowest BCUT2D eigenvalue weighted by atomic mass is 10.1. The van der Waals surface area contributed by atoms with E-state index in [1.165, 1.54) is 11.1 Å². The van der Waals surface area contributed by atoms with Crippen molar-refractivity contribution in [1.29, 1.82) is 0 Å². The second kappa shape index (κ2) is 6.94. The van der Waals surface area contributed by atoms with Gasteiger partial charge < -0.3 is 10.2 Å². The SMILES string of the molecule is CNC(C)c1ccc(N(C)Cc2csc(Br)c2)c(Cl)c1. The minimum absolute atomic E-state index is 0.305. The van der Waals surface area contributed by atoms with Crippen LogP contribution < -0.4 is 10.2 Å². The smallest absolute Gasteiger partial charge is 0.0701 e. The Balaban J connectivity index is 2.15. The number of nitrogens with one attached hydrogen (secondary N) is 1. The summed E-state index contributed by atoms with van der Waals surface area (Å²) in [5.41, 5.74) is 3.54. The van der Waals surface area contributed by atoms with Gasteiger partial charge in [-0.15, -0.1) is 11.3 Å². The summed E-state index contributed by atoms with van der Waals surface area (Å²) in [5.74, 6) is 0. The van der Waals surface area contributed by atoms with Crippen molar-refractivity contribution in [3.63, 3.8) is 0 Å². The molecule has 0 aliphatic carbocycles. The third kappa shape index (κ3) is 3.76. The Morgan fingerprint density at radius 1 is 1.40 bits per heavy atom. The van der Waals surface area contributed by atoms with E-state index in [0.717, 1.165) is 21.0 Å². The minimum Gasteiger partial charge on any atom is -0.369 e. The normalized spacial score (nSPS) is 12.4. The van der Waals surface area contributed by atoms with Crippen molar-refractivity contribution in [3.05, 3.63) is 49.6 Å². The summed E-state index contributed by atoms with van der Waals surface area (Å²) in [5, 5.41) is 6.18. The van der Waals surface area contributed by atoms with E-state index in [0.29, 0.717) is 6.04 Å². The maximum Gasteiger partial charge on any atom is 0.0701 e. The molecule has 0 aliphatic heterocycles. The second-order valence-corrected chi connectivity index (χ2v) is 7.53. The molecule has 0 saturated carbocycles. The molecule has 1 aromatic carbocycles. The molecule has 108 valence electrons. The molecule has 2 aromatic rings. The zero-order valence-corrected chi connectivity index (χ0v) is 14.9. The number of hydrogen-bond acceptors (Lipinski definition) is 3. The minimum atomic E-state index is 0.305. The molecule has 1 aromatic heterocycles. The lowest BCUT2D eigenvalue weighted by molar-refractivity contribution is 0.652. The highest BCUT2D eigenvalue weighted by atomic mass is 79.9. The summed E-state index contributed by atoms with van der Waals surface area (Å²) < 4.78 is 1.16. The Labute approximate surface area is 137 Å². The fraction of sp³-hybridized carbons (Fsp3) is 0.333. The molecule has 1 heterocycles. The Kier molecular flexibility index (Phi) is 5.49. The Bertz CT molecular complexity index is 585. The molecule has 1 atom stereocenters. The van der Waals surface area contributed by atoms with Crippen LogP contribution in [0.3, 0.4) is 0 Å². The van der Waals surface area contributed by atoms with Crippen molar-refractivity contribution in [2.24, 2.45) is 0 Å². The van der Waals surface area contributed by atoms with E-state index in [-0.39, 0.29) is 0 Å².